The molecule has 0 spiro atoms. The summed E-state index contributed by atoms with van der Waals surface area (Å²) in [7, 11) is 4.93. The van der Waals surface area contributed by atoms with Crippen LogP contribution in [-0.4, -0.2) is 33.7 Å². The van der Waals surface area contributed by atoms with Crippen molar-refractivity contribution in [2.75, 3.05) is 32.6 Å². The van der Waals surface area contributed by atoms with Crippen molar-refractivity contribution in [1.29, 1.82) is 0 Å². The minimum atomic E-state index is -0.460. The number of nitrogens with zero attached hydrogens (tertiary/aromatic N) is 1. The maximum absolute atomic E-state index is 13.7. The molecule has 1 N–H and O–H groups in total. The number of rotatable bonds is 5. The van der Waals surface area contributed by atoms with Gasteiger partial charge in [0, 0.05) is 25.3 Å². The first-order valence-electron chi connectivity index (χ1n) is 6.30. The Morgan fingerprint density at radius 1 is 1.53 bits per heavy atom. The zero-order valence-electron chi connectivity index (χ0n) is 11.5. The monoisotopic (exact) mass is 266 g/mol. The van der Waals surface area contributed by atoms with Gasteiger partial charge in [0.2, 0.25) is 5.91 Å². The Labute approximate surface area is 112 Å². The van der Waals surface area contributed by atoms with E-state index < -0.39 is 5.82 Å². The number of anilines is 1. The number of carbonyl (C=O) groups is 1. The van der Waals surface area contributed by atoms with E-state index >= 15 is 0 Å². The molecule has 1 aromatic carbocycles. The van der Waals surface area contributed by atoms with Crippen molar-refractivity contribution in [1.82, 2.24) is 5.32 Å². The van der Waals surface area contributed by atoms with Crippen molar-refractivity contribution < 1.29 is 13.9 Å². The van der Waals surface area contributed by atoms with Crippen LogP contribution >= 0.6 is 0 Å². The van der Waals surface area contributed by atoms with Crippen LogP contribution in [0.5, 0.6) is 5.75 Å². The van der Waals surface area contributed by atoms with Gasteiger partial charge in [0.05, 0.1) is 12.5 Å². The Morgan fingerprint density at radius 2 is 2.21 bits per heavy atom. The van der Waals surface area contributed by atoms with Crippen molar-refractivity contribution in [3.05, 3.63) is 24.0 Å². The van der Waals surface area contributed by atoms with Crippen LogP contribution in [0.25, 0.3) is 0 Å². The van der Waals surface area contributed by atoms with Crippen LogP contribution in [-0.2, 0) is 4.79 Å². The van der Waals surface area contributed by atoms with E-state index in [2.05, 4.69) is 5.32 Å². The molecule has 0 radical (unpaired) electrons. The first-order valence-corrected chi connectivity index (χ1v) is 6.30. The summed E-state index contributed by atoms with van der Waals surface area (Å²) in [6.45, 7) is 0.662. The van der Waals surface area contributed by atoms with Gasteiger partial charge in [0.15, 0.2) is 11.6 Å². The summed E-state index contributed by atoms with van der Waals surface area (Å²) >= 11 is 0. The third-order valence-electron chi connectivity index (χ3n) is 3.65. The molecule has 104 valence electrons. The van der Waals surface area contributed by atoms with Gasteiger partial charge in [-0.2, -0.15) is 0 Å². The maximum atomic E-state index is 13.7. The summed E-state index contributed by atoms with van der Waals surface area (Å²) in [5, 5.41) is 3.05. The highest BCUT2D eigenvalue weighted by atomic mass is 19.1. The second-order valence-electron chi connectivity index (χ2n) is 4.99. The molecular weight excluding hydrogens is 247 g/mol. The molecule has 0 atom stereocenters. The van der Waals surface area contributed by atoms with E-state index in [1.165, 1.54) is 24.1 Å². The highest BCUT2D eigenvalue weighted by Crippen LogP contribution is 2.47. The number of methoxy groups -OCH3 is 1. The lowest BCUT2D eigenvalue weighted by atomic mass is 10.1. The number of benzene rings is 1. The molecule has 2 rings (SSSR count). The summed E-state index contributed by atoms with van der Waals surface area (Å²) in [4.78, 5) is 13.9. The highest BCUT2D eigenvalue weighted by Gasteiger charge is 2.50. The number of hydrogen-bond donors (Lipinski definition) is 1. The minimum absolute atomic E-state index is 0.0337. The van der Waals surface area contributed by atoms with E-state index in [9.17, 15) is 9.18 Å². The Morgan fingerprint density at radius 3 is 2.68 bits per heavy atom. The lowest BCUT2D eigenvalue weighted by Crippen LogP contribution is -2.39. The van der Waals surface area contributed by atoms with E-state index in [0.29, 0.717) is 12.2 Å². The van der Waals surface area contributed by atoms with Crippen molar-refractivity contribution in [2.24, 2.45) is 5.41 Å². The number of hydrogen-bond acceptors (Lipinski definition) is 3. The number of amides is 1. The molecule has 1 aliphatic rings. The van der Waals surface area contributed by atoms with Crippen molar-refractivity contribution in [2.45, 2.75) is 12.8 Å². The predicted octanol–water partition coefficient (Wildman–Crippen LogP) is 1.80. The zero-order valence-corrected chi connectivity index (χ0v) is 11.5. The van der Waals surface area contributed by atoms with E-state index in [1.807, 2.05) is 7.05 Å². The van der Waals surface area contributed by atoms with Crippen LogP contribution in [0.15, 0.2) is 18.2 Å². The molecule has 1 amide bonds. The van der Waals surface area contributed by atoms with Crippen molar-refractivity contribution in [3.63, 3.8) is 0 Å². The van der Waals surface area contributed by atoms with Gasteiger partial charge in [-0.3, -0.25) is 4.79 Å². The lowest BCUT2D eigenvalue weighted by Gasteiger charge is -2.23. The standard InChI is InChI=1S/C14H19FN2O2/c1-16-9-14(6-7-14)13(18)17(2)10-4-5-12(19-3)11(15)8-10/h4-5,8,16H,6-7,9H2,1-3H3. The molecule has 1 saturated carbocycles. The third kappa shape index (κ3) is 2.56. The number of halogens is 1. The molecule has 0 bridgehead atoms. The summed E-state index contributed by atoms with van der Waals surface area (Å²) in [6.07, 6.45) is 1.77. The number of carbonyl (C=O) groups excluding carboxylic acids is 1. The van der Waals surface area contributed by atoms with Gasteiger partial charge < -0.3 is 15.0 Å². The quantitative estimate of drug-likeness (QED) is 0.883. The normalized spacial score (nSPS) is 16.0. The molecule has 19 heavy (non-hydrogen) atoms. The molecule has 0 heterocycles. The predicted molar refractivity (Wildman–Crippen MR) is 72.0 cm³/mol. The SMILES string of the molecule is CNCC1(C(=O)N(C)c2ccc(OC)c(F)c2)CC1. The average Bonchev–Trinajstić information content (AvgIpc) is 3.18. The van der Waals surface area contributed by atoms with Gasteiger partial charge in [-0.15, -0.1) is 0 Å². The fourth-order valence-corrected chi connectivity index (χ4v) is 2.29. The molecular formula is C14H19FN2O2. The summed E-state index contributed by atoms with van der Waals surface area (Å²) in [5.74, 6) is -0.245. The Hall–Kier alpha value is -1.62. The smallest absolute Gasteiger partial charge is 0.234 e. The number of nitrogens with one attached hydrogen (secondary N) is 1. The fraction of sp³-hybridized carbons (Fsp3) is 0.500. The molecule has 1 fully saturated rings. The lowest BCUT2D eigenvalue weighted by molar-refractivity contribution is -0.123. The third-order valence-corrected chi connectivity index (χ3v) is 3.65. The summed E-state index contributed by atoms with van der Waals surface area (Å²) in [5.41, 5.74) is 0.241. The van der Waals surface area contributed by atoms with Crippen molar-refractivity contribution in [3.8, 4) is 5.75 Å². The van der Waals surface area contributed by atoms with E-state index in [-0.39, 0.29) is 17.1 Å². The molecule has 0 saturated heterocycles. The van der Waals surface area contributed by atoms with Crippen molar-refractivity contribution >= 4 is 11.6 Å². The van der Waals surface area contributed by atoms with Crippen LogP contribution in [0, 0.1) is 11.2 Å². The van der Waals surface area contributed by atoms with Gasteiger partial charge in [-0.05, 0) is 32.0 Å². The van der Waals surface area contributed by atoms with E-state index in [0.717, 1.165) is 12.8 Å². The van der Waals surface area contributed by atoms with Gasteiger partial charge >= 0.3 is 0 Å². The number of ether oxygens (including phenoxy) is 1. The first kappa shape index (κ1) is 13.8. The Balaban J connectivity index is 2.18. The first-order chi connectivity index (χ1) is 9.04. The average molecular weight is 266 g/mol. The fourth-order valence-electron chi connectivity index (χ4n) is 2.29. The Kier molecular flexibility index (Phi) is 3.75. The molecule has 0 aliphatic heterocycles. The van der Waals surface area contributed by atoms with Gasteiger partial charge in [0.25, 0.3) is 0 Å². The highest BCUT2D eigenvalue weighted by molar-refractivity contribution is 5.99. The summed E-state index contributed by atoms with van der Waals surface area (Å²) in [6, 6.07) is 4.55. The van der Waals surface area contributed by atoms with Crippen LogP contribution in [0.2, 0.25) is 0 Å². The molecule has 4 nitrogen and oxygen atoms in total. The maximum Gasteiger partial charge on any atom is 0.234 e. The molecule has 5 heteroatoms. The molecule has 1 aromatic rings. The van der Waals surface area contributed by atoms with E-state index in [4.69, 9.17) is 4.74 Å². The molecule has 0 unspecified atom stereocenters. The second kappa shape index (κ2) is 5.17. The minimum Gasteiger partial charge on any atom is -0.494 e. The van der Waals surface area contributed by atoms with E-state index in [1.54, 1.807) is 13.1 Å². The molecule has 1 aliphatic carbocycles. The molecule has 0 aromatic heterocycles. The zero-order chi connectivity index (χ0) is 14.0. The van der Waals surface area contributed by atoms with Crippen LogP contribution in [0.3, 0.4) is 0 Å². The largest absolute Gasteiger partial charge is 0.494 e. The Bertz CT molecular complexity index is 486. The summed E-state index contributed by atoms with van der Waals surface area (Å²) < 4.78 is 18.5. The topological polar surface area (TPSA) is 41.6 Å². The van der Waals surface area contributed by atoms with Crippen LogP contribution in [0.1, 0.15) is 12.8 Å². The second-order valence-corrected chi connectivity index (χ2v) is 4.99. The van der Waals surface area contributed by atoms with Gasteiger partial charge in [-0.25, -0.2) is 4.39 Å². The van der Waals surface area contributed by atoms with Gasteiger partial charge in [0.1, 0.15) is 0 Å². The van der Waals surface area contributed by atoms with Crippen LogP contribution < -0.4 is 15.0 Å². The van der Waals surface area contributed by atoms with Crippen LogP contribution in [0.4, 0.5) is 10.1 Å². The van der Waals surface area contributed by atoms with Gasteiger partial charge in [-0.1, -0.05) is 0 Å².